The lowest BCUT2D eigenvalue weighted by molar-refractivity contribution is -0.138. The Morgan fingerprint density at radius 2 is 2.00 bits per heavy atom. The molecule has 2 aliphatic carbocycles. The van der Waals surface area contributed by atoms with Crippen LogP contribution in [0.1, 0.15) is 66.2 Å². The van der Waals surface area contributed by atoms with Crippen LogP contribution in [0, 0.1) is 22.7 Å². The Morgan fingerprint density at radius 1 is 1.36 bits per heavy atom. The number of hydrogen-bond acceptors (Lipinski definition) is 2. The highest BCUT2D eigenvalue weighted by Crippen LogP contribution is 2.61. The van der Waals surface area contributed by atoms with E-state index in [1.54, 1.807) is 13.0 Å². The molecule has 0 aromatic heterocycles. The number of carbonyl (C=O) groups excluding carboxylic acids is 1. The van der Waals surface area contributed by atoms with Gasteiger partial charge in [0.15, 0.2) is 0 Å². The van der Waals surface area contributed by atoms with Gasteiger partial charge in [-0.1, -0.05) is 39.0 Å². The quantitative estimate of drug-likeness (QED) is 0.766. The predicted octanol–water partition coefficient (Wildman–Crippen LogP) is 4.68. The molecule has 22 heavy (non-hydrogen) atoms. The summed E-state index contributed by atoms with van der Waals surface area (Å²) in [6.45, 7) is 16.6. The van der Waals surface area contributed by atoms with Crippen molar-refractivity contribution >= 4 is 5.78 Å². The smallest absolute Gasteiger partial charge is 0.134 e. The molecule has 0 aliphatic heterocycles. The third-order valence-electron chi connectivity index (χ3n) is 6.39. The minimum absolute atomic E-state index is 0.00852. The van der Waals surface area contributed by atoms with Crippen molar-refractivity contribution in [1.29, 1.82) is 0 Å². The van der Waals surface area contributed by atoms with Gasteiger partial charge >= 0.3 is 0 Å². The molecule has 2 nitrogen and oxygen atoms in total. The van der Waals surface area contributed by atoms with Crippen LogP contribution in [0.15, 0.2) is 24.8 Å². The largest absolute Gasteiger partial charge is 0.386 e. The van der Waals surface area contributed by atoms with E-state index in [0.29, 0.717) is 36.9 Å². The summed E-state index contributed by atoms with van der Waals surface area (Å²) >= 11 is 0. The molecule has 4 atom stereocenters. The highest BCUT2D eigenvalue weighted by Gasteiger charge is 2.55. The summed E-state index contributed by atoms with van der Waals surface area (Å²) in [5, 5.41) is 10.3. The van der Waals surface area contributed by atoms with Gasteiger partial charge in [-0.2, -0.15) is 0 Å². The summed E-state index contributed by atoms with van der Waals surface area (Å²) in [4.78, 5) is 12.4. The second-order valence-corrected chi connectivity index (χ2v) is 8.79. The van der Waals surface area contributed by atoms with Crippen LogP contribution < -0.4 is 0 Å². The van der Waals surface area contributed by atoms with Crippen LogP contribution in [0.25, 0.3) is 0 Å². The molecule has 1 unspecified atom stereocenters. The molecule has 2 aliphatic rings. The summed E-state index contributed by atoms with van der Waals surface area (Å²) < 4.78 is 0. The van der Waals surface area contributed by atoms with Crippen molar-refractivity contribution < 1.29 is 9.90 Å². The summed E-state index contributed by atoms with van der Waals surface area (Å²) in [7, 11) is 0. The topological polar surface area (TPSA) is 37.3 Å². The van der Waals surface area contributed by atoms with Gasteiger partial charge in [-0.3, -0.25) is 4.79 Å². The lowest BCUT2D eigenvalue weighted by atomic mass is 9.47. The van der Waals surface area contributed by atoms with Gasteiger partial charge in [0.2, 0.25) is 0 Å². The molecule has 1 N–H and O–H groups in total. The van der Waals surface area contributed by atoms with Gasteiger partial charge in [0, 0.05) is 12.8 Å². The van der Waals surface area contributed by atoms with Gasteiger partial charge < -0.3 is 5.11 Å². The normalized spacial score (nSPS) is 37.3. The second kappa shape index (κ2) is 5.63. The van der Waals surface area contributed by atoms with E-state index in [2.05, 4.69) is 33.9 Å². The molecule has 2 saturated carbocycles. The number of Topliss-reactive ketones (excluding diaryl/α,β-unsaturated/α-hetero) is 1. The molecule has 2 fully saturated rings. The molecule has 0 saturated heterocycles. The fraction of sp³-hybridized carbons (Fsp3) is 0.750. The van der Waals surface area contributed by atoms with E-state index in [9.17, 15) is 9.90 Å². The minimum atomic E-state index is -0.836. The third-order valence-corrected chi connectivity index (χ3v) is 6.39. The van der Waals surface area contributed by atoms with Crippen LogP contribution in [-0.2, 0) is 4.79 Å². The average Bonchev–Trinajstić information content (AvgIpc) is 2.35. The molecule has 0 heterocycles. The number of allylic oxidation sites excluding steroid dienone is 1. The highest BCUT2D eigenvalue weighted by atomic mass is 16.3. The highest BCUT2D eigenvalue weighted by molar-refractivity contribution is 5.81. The SMILES string of the molecule is C=C[C@@](C)(O)CC[C@H]1C(=C)CCC2C(C)(C)CC(=O)C[C@@]21C. The molecule has 2 rings (SSSR count). The number of fused-ring (bicyclic) bond motifs is 1. The Balaban J connectivity index is 2.28. The van der Waals surface area contributed by atoms with Crippen LogP contribution in [-0.4, -0.2) is 16.5 Å². The maximum atomic E-state index is 12.4. The first-order chi connectivity index (χ1) is 10.0. The Morgan fingerprint density at radius 3 is 2.59 bits per heavy atom. The zero-order valence-corrected chi connectivity index (χ0v) is 14.7. The van der Waals surface area contributed by atoms with Gasteiger partial charge in [-0.05, 0) is 55.3 Å². The predicted molar refractivity (Wildman–Crippen MR) is 91.5 cm³/mol. The van der Waals surface area contributed by atoms with Crippen LogP contribution in [0.5, 0.6) is 0 Å². The van der Waals surface area contributed by atoms with E-state index in [1.807, 2.05) is 0 Å². The van der Waals surface area contributed by atoms with Crippen molar-refractivity contribution in [3.63, 3.8) is 0 Å². The first-order valence-electron chi connectivity index (χ1n) is 8.57. The molecule has 2 heteroatoms. The standard InChI is InChI=1S/C20H32O2/c1-7-19(5,22)11-10-16-14(2)8-9-17-18(3,4)12-15(21)13-20(16,17)6/h7,16-17,22H,1-2,8-13H2,3-6H3/t16-,17?,19+,20+/m0/s1. The zero-order chi connectivity index (χ0) is 16.8. The van der Waals surface area contributed by atoms with Gasteiger partial charge in [0.05, 0.1) is 5.60 Å². The molecular weight excluding hydrogens is 272 g/mol. The Hall–Kier alpha value is -0.890. The van der Waals surface area contributed by atoms with Crippen molar-refractivity contribution in [3.8, 4) is 0 Å². The number of carbonyl (C=O) groups is 1. The maximum Gasteiger partial charge on any atom is 0.134 e. The molecule has 0 aromatic rings. The van der Waals surface area contributed by atoms with E-state index < -0.39 is 5.60 Å². The first-order valence-corrected chi connectivity index (χ1v) is 8.57. The van der Waals surface area contributed by atoms with Crippen LogP contribution in [0.2, 0.25) is 0 Å². The minimum Gasteiger partial charge on any atom is -0.386 e. The fourth-order valence-corrected chi connectivity index (χ4v) is 5.26. The van der Waals surface area contributed by atoms with Gasteiger partial charge in [-0.25, -0.2) is 0 Å². The number of aliphatic hydroxyl groups is 1. The van der Waals surface area contributed by atoms with Crippen molar-refractivity contribution in [1.82, 2.24) is 0 Å². The van der Waals surface area contributed by atoms with Gasteiger partial charge in [-0.15, -0.1) is 6.58 Å². The van der Waals surface area contributed by atoms with Crippen molar-refractivity contribution in [2.24, 2.45) is 22.7 Å². The maximum absolute atomic E-state index is 12.4. The second-order valence-electron chi connectivity index (χ2n) is 8.79. The summed E-state index contributed by atoms with van der Waals surface area (Å²) in [5.41, 5.74) is 0.497. The monoisotopic (exact) mass is 304 g/mol. The Bertz CT molecular complexity index is 486. The fourth-order valence-electron chi connectivity index (χ4n) is 5.26. The van der Waals surface area contributed by atoms with Gasteiger partial charge in [0.1, 0.15) is 5.78 Å². The lowest BCUT2D eigenvalue weighted by Crippen LogP contribution is -2.52. The lowest BCUT2D eigenvalue weighted by Gasteiger charge is -2.57. The molecule has 0 aromatic carbocycles. The first kappa shape index (κ1) is 17.5. The molecule has 0 radical (unpaired) electrons. The third kappa shape index (κ3) is 3.08. The molecule has 0 amide bonds. The van der Waals surface area contributed by atoms with E-state index >= 15 is 0 Å². The van der Waals surface area contributed by atoms with E-state index in [1.165, 1.54) is 5.57 Å². The molecular formula is C20H32O2. The van der Waals surface area contributed by atoms with Crippen molar-refractivity contribution in [3.05, 3.63) is 24.8 Å². The van der Waals surface area contributed by atoms with Crippen LogP contribution >= 0.6 is 0 Å². The van der Waals surface area contributed by atoms with E-state index in [-0.39, 0.29) is 10.8 Å². The Labute approximate surface area is 135 Å². The molecule has 0 bridgehead atoms. The molecule has 0 spiro atoms. The van der Waals surface area contributed by atoms with Crippen LogP contribution in [0.3, 0.4) is 0 Å². The summed E-state index contributed by atoms with van der Waals surface area (Å²) in [5.74, 6) is 1.27. The average molecular weight is 304 g/mol. The summed E-state index contributed by atoms with van der Waals surface area (Å²) in [6, 6.07) is 0. The van der Waals surface area contributed by atoms with Crippen molar-refractivity contribution in [2.75, 3.05) is 0 Å². The number of hydrogen-bond donors (Lipinski definition) is 1. The Kier molecular flexibility index (Phi) is 4.47. The van der Waals surface area contributed by atoms with E-state index in [4.69, 9.17) is 0 Å². The van der Waals surface area contributed by atoms with Gasteiger partial charge in [0.25, 0.3) is 0 Å². The van der Waals surface area contributed by atoms with E-state index in [0.717, 1.165) is 19.3 Å². The van der Waals surface area contributed by atoms with Crippen LogP contribution in [0.4, 0.5) is 0 Å². The zero-order valence-electron chi connectivity index (χ0n) is 14.7. The number of rotatable bonds is 4. The summed E-state index contributed by atoms with van der Waals surface area (Å²) in [6.07, 6.45) is 6.75. The molecule has 124 valence electrons. The van der Waals surface area contributed by atoms with Crippen molar-refractivity contribution in [2.45, 2.75) is 71.8 Å². The number of ketones is 1.